The van der Waals surface area contributed by atoms with Gasteiger partial charge in [-0.15, -0.1) is 0 Å². The number of aryl methyl sites for hydroxylation is 1. The molecule has 4 heteroatoms. The molecule has 1 saturated heterocycles. The molecule has 0 bridgehead atoms. The van der Waals surface area contributed by atoms with Crippen molar-refractivity contribution in [3.63, 3.8) is 0 Å². The van der Waals surface area contributed by atoms with Crippen molar-refractivity contribution in [2.75, 3.05) is 18.8 Å². The SMILES string of the molecule is Cc1ccc(C(=O)N2CCCC(O)C2)cc1N. The number of amides is 1. The van der Waals surface area contributed by atoms with Gasteiger partial charge in [0, 0.05) is 24.3 Å². The molecule has 17 heavy (non-hydrogen) atoms. The number of carbonyl (C=O) groups excluding carboxylic acids is 1. The van der Waals surface area contributed by atoms with Gasteiger partial charge in [0.2, 0.25) is 0 Å². The van der Waals surface area contributed by atoms with Crippen LogP contribution in [0.25, 0.3) is 0 Å². The number of carbonyl (C=O) groups is 1. The minimum Gasteiger partial charge on any atom is -0.398 e. The number of aliphatic hydroxyl groups is 1. The molecular formula is C13H18N2O2. The smallest absolute Gasteiger partial charge is 0.254 e. The van der Waals surface area contributed by atoms with Crippen molar-refractivity contribution in [2.24, 2.45) is 0 Å². The summed E-state index contributed by atoms with van der Waals surface area (Å²) in [4.78, 5) is 13.9. The summed E-state index contributed by atoms with van der Waals surface area (Å²) in [6, 6.07) is 5.34. The number of piperidine rings is 1. The number of anilines is 1. The van der Waals surface area contributed by atoms with Gasteiger partial charge >= 0.3 is 0 Å². The predicted molar refractivity (Wildman–Crippen MR) is 66.7 cm³/mol. The third-order valence-electron chi connectivity index (χ3n) is 3.21. The number of nitrogens with two attached hydrogens (primary N) is 1. The largest absolute Gasteiger partial charge is 0.398 e. The third kappa shape index (κ3) is 2.58. The molecule has 1 aliphatic rings. The first-order chi connectivity index (χ1) is 8.08. The molecule has 1 atom stereocenters. The van der Waals surface area contributed by atoms with Crippen LogP contribution in [0, 0.1) is 6.92 Å². The Kier molecular flexibility index (Phi) is 3.33. The van der Waals surface area contributed by atoms with E-state index in [0.717, 1.165) is 18.4 Å². The Hall–Kier alpha value is -1.55. The van der Waals surface area contributed by atoms with E-state index in [1.165, 1.54) is 0 Å². The molecule has 0 radical (unpaired) electrons. The van der Waals surface area contributed by atoms with Gasteiger partial charge in [0.25, 0.3) is 5.91 Å². The van der Waals surface area contributed by atoms with E-state index in [-0.39, 0.29) is 5.91 Å². The zero-order valence-electron chi connectivity index (χ0n) is 10.0. The highest BCUT2D eigenvalue weighted by Crippen LogP contribution is 2.17. The van der Waals surface area contributed by atoms with Gasteiger partial charge in [0.1, 0.15) is 0 Å². The average Bonchev–Trinajstić information content (AvgIpc) is 2.32. The standard InChI is InChI=1S/C13H18N2O2/c1-9-4-5-10(7-12(9)14)13(17)15-6-2-3-11(16)8-15/h4-5,7,11,16H,2-3,6,8,14H2,1H3. The van der Waals surface area contributed by atoms with Gasteiger partial charge in [-0.2, -0.15) is 0 Å². The summed E-state index contributed by atoms with van der Waals surface area (Å²) in [5.41, 5.74) is 8.00. The van der Waals surface area contributed by atoms with Crippen LogP contribution >= 0.6 is 0 Å². The lowest BCUT2D eigenvalue weighted by Crippen LogP contribution is -2.42. The number of β-amino-alcohol motifs (C(OH)–C–C–N with tert-alkyl or cyclic N) is 1. The van der Waals surface area contributed by atoms with Gasteiger partial charge in [0.05, 0.1) is 6.10 Å². The fourth-order valence-corrected chi connectivity index (χ4v) is 2.10. The van der Waals surface area contributed by atoms with E-state index in [4.69, 9.17) is 5.73 Å². The van der Waals surface area contributed by atoms with Crippen LogP contribution in [0.4, 0.5) is 5.69 Å². The highest BCUT2D eigenvalue weighted by Gasteiger charge is 2.23. The highest BCUT2D eigenvalue weighted by molar-refractivity contribution is 5.95. The summed E-state index contributed by atoms with van der Waals surface area (Å²) in [7, 11) is 0. The Morgan fingerprint density at radius 1 is 1.53 bits per heavy atom. The van der Waals surface area contributed by atoms with Crippen molar-refractivity contribution in [3.8, 4) is 0 Å². The first-order valence-electron chi connectivity index (χ1n) is 5.91. The zero-order chi connectivity index (χ0) is 12.4. The van der Waals surface area contributed by atoms with Crippen LogP contribution in [0.1, 0.15) is 28.8 Å². The van der Waals surface area contributed by atoms with Crippen LogP contribution in [0.3, 0.4) is 0 Å². The summed E-state index contributed by atoms with van der Waals surface area (Å²) in [6.07, 6.45) is 1.24. The minimum atomic E-state index is -0.393. The van der Waals surface area contributed by atoms with Gasteiger partial charge < -0.3 is 15.7 Å². The summed E-state index contributed by atoms with van der Waals surface area (Å²) in [5.74, 6) is -0.0459. The lowest BCUT2D eigenvalue weighted by atomic mass is 10.1. The van der Waals surface area contributed by atoms with Crippen molar-refractivity contribution in [1.29, 1.82) is 0 Å². The fourth-order valence-electron chi connectivity index (χ4n) is 2.10. The number of nitrogens with zero attached hydrogens (tertiary/aromatic N) is 1. The molecule has 92 valence electrons. The van der Waals surface area contributed by atoms with Crippen LogP contribution in [0.15, 0.2) is 18.2 Å². The molecule has 1 aromatic carbocycles. The van der Waals surface area contributed by atoms with E-state index < -0.39 is 6.10 Å². The number of hydrogen-bond acceptors (Lipinski definition) is 3. The summed E-state index contributed by atoms with van der Waals surface area (Å²) in [6.45, 7) is 3.05. The average molecular weight is 234 g/mol. The summed E-state index contributed by atoms with van der Waals surface area (Å²) >= 11 is 0. The predicted octanol–water partition coefficient (Wildman–Crippen LogP) is 1.17. The number of likely N-dealkylation sites (tertiary alicyclic amines) is 1. The first-order valence-corrected chi connectivity index (χ1v) is 5.91. The minimum absolute atomic E-state index is 0.0459. The normalized spacial score (nSPS) is 20.4. The molecule has 1 aromatic rings. The molecule has 1 fully saturated rings. The lowest BCUT2D eigenvalue weighted by Gasteiger charge is -2.30. The molecule has 2 rings (SSSR count). The molecule has 0 spiro atoms. The van der Waals surface area contributed by atoms with Crippen molar-refractivity contribution in [3.05, 3.63) is 29.3 Å². The number of rotatable bonds is 1. The molecule has 4 nitrogen and oxygen atoms in total. The molecule has 0 aromatic heterocycles. The van der Waals surface area contributed by atoms with E-state index in [9.17, 15) is 9.90 Å². The van der Waals surface area contributed by atoms with Crippen LogP contribution in [0.5, 0.6) is 0 Å². The van der Waals surface area contributed by atoms with Gasteiger partial charge in [-0.1, -0.05) is 6.07 Å². The van der Waals surface area contributed by atoms with Gasteiger partial charge in [-0.3, -0.25) is 4.79 Å². The highest BCUT2D eigenvalue weighted by atomic mass is 16.3. The molecule has 1 amide bonds. The summed E-state index contributed by atoms with van der Waals surface area (Å²) < 4.78 is 0. The van der Waals surface area contributed by atoms with Crippen molar-refractivity contribution < 1.29 is 9.90 Å². The Labute approximate surface area is 101 Å². The molecule has 3 N–H and O–H groups in total. The van der Waals surface area contributed by atoms with Gasteiger partial charge in [-0.05, 0) is 37.5 Å². The van der Waals surface area contributed by atoms with Gasteiger partial charge in [0.15, 0.2) is 0 Å². The van der Waals surface area contributed by atoms with Crippen molar-refractivity contribution >= 4 is 11.6 Å². The molecule has 1 unspecified atom stereocenters. The Bertz CT molecular complexity index is 431. The number of hydrogen-bond donors (Lipinski definition) is 2. The second-order valence-corrected chi connectivity index (χ2v) is 4.62. The van der Waals surface area contributed by atoms with E-state index in [1.54, 1.807) is 17.0 Å². The van der Waals surface area contributed by atoms with E-state index in [0.29, 0.717) is 24.3 Å². The number of nitrogen functional groups attached to an aromatic ring is 1. The number of aliphatic hydroxyl groups excluding tert-OH is 1. The summed E-state index contributed by atoms with van der Waals surface area (Å²) in [5, 5.41) is 9.56. The maximum Gasteiger partial charge on any atom is 0.254 e. The van der Waals surface area contributed by atoms with Crippen molar-refractivity contribution in [1.82, 2.24) is 4.90 Å². The quantitative estimate of drug-likeness (QED) is 0.717. The van der Waals surface area contributed by atoms with Gasteiger partial charge in [-0.25, -0.2) is 0 Å². The second-order valence-electron chi connectivity index (χ2n) is 4.62. The van der Waals surface area contributed by atoms with Crippen LogP contribution in [-0.2, 0) is 0 Å². The van der Waals surface area contributed by atoms with Crippen LogP contribution < -0.4 is 5.73 Å². The van der Waals surface area contributed by atoms with E-state index >= 15 is 0 Å². The van der Waals surface area contributed by atoms with Crippen molar-refractivity contribution in [2.45, 2.75) is 25.9 Å². The third-order valence-corrected chi connectivity index (χ3v) is 3.21. The molecule has 1 heterocycles. The first kappa shape index (κ1) is 11.9. The van der Waals surface area contributed by atoms with Crippen LogP contribution in [-0.4, -0.2) is 35.1 Å². The Morgan fingerprint density at radius 2 is 2.29 bits per heavy atom. The lowest BCUT2D eigenvalue weighted by molar-refractivity contribution is 0.0474. The molecular weight excluding hydrogens is 216 g/mol. The van der Waals surface area contributed by atoms with E-state index in [1.807, 2.05) is 13.0 Å². The molecule has 1 aliphatic heterocycles. The maximum atomic E-state index is 12.2. The maximum absolute atomic E-state index is 12.2. The molecule has 0 saturated carbocycles. The number of benzene rings is 1. The fraction of sp³-hybridized carbons (Fsp3) is 0.462. The topological polar surface area (TPSA) is 66.6 Å². The Balaban J connectivity index is 2.15. The second kappa shape index (κ2) is 4.75. The Morgan fingerprint density at radius 3 is 2.94 bits per heavy atom. The molecule has 0 aliphatic carbocycles. The van der Waals surface area contributed by atoms with E-state index in [2.05, 4.69) is 0 Å². The zero-order valence-corrected chi connectivity index (χ0v) is 10.0. The monoisotopic (exact) mass is 234 g/mol. The van der Waals surface area contributed by atoms with Crippen LogP contribution in [0.2, 0.25) is 0 Å².